The van der Waals surface area contributed by atoms with Crippen molar-refractivity contribution in [1.82, 2.24) is 0 Å². The van der Waals surface area contributed by atoms with Crippen LogP contribution in [-0.4, -0.2) is 34.8 Å². The topological polar surface area (TPSA) is 52.6 Å². The van der Waals surface area contributed by atoms with E-state index < -0.39 is 21.6 Å². The van der Waals surface area contributed by atoms with E-state index in [1.807, 2.05) is 0 Å². The minimum Gasteiger partial charge on any atom is -0.465 e. The lowest BCUT2D eigenvalue weighted by Crippen LogP contribution is -2.34. The van der Waals surface area contributed by atoms with E-state index in [9.17, 15) is 9.59 Å². The number of esters is 2. The van der Waals surface area contributed by atoms with Gasteiger partial charge in [-0.3, -0.25) is 9.59 Å². The van der Waals surface area contributed by atoms with E-state index in [1.54, 1.807) is 0 Å². The van der Waals surface area contributed by atoms with Crippen LogP contribution in [0.4, 0.5) is 0 Å². The molecule has 0 aliphatic carbocycles. The summed E-state index contributed by atoms with van der Waals surface area (Å²) in [6.45, 7) is 5.05. The van der Waals surface area contributed by atoms with Crippen LogP contribution in [0.15, 0.2) is 0 Å². The van der Waals surface area contributed by atoms with E-state index in [0.29, 0.717) is 13.2 Å². The van der Waals surface area contributed by atoms with Gasteiger partial charge in [-0.05, 0) is 12.8 Å². The highest BCUT2D eigenvalue weighted by Gasteiger charge is 2.31. The van der Waals surface area contributed by atoms with Gasteiger partial charge in [-0.2, -0.15) is 0 Å². The molecule has 0 aliphatic rings. The van der Waals surface area contributed by atoms with Crippen molar-refractivity contribution in [2.75, 3.05) is 13.2 Å². The zero-order chi connectivity index (χ0) is 16.8. The van der Waals surface area contributed by atoms with Gasteiger partial charge in [0.15, 0.2) is 0 Å². The van der Waals surface area contributed by atoms with Gasteiger partial charge in [0, 0.05) is 0 Å². The van der Waals surface area contributed by atoms with Crippen molar-refractivity contribution in [1.29, 1.82) is 0 Å². The number of alkyl halides is 2. The lowest BCUT2D eigenvalue weighted by molar-refractivity contribution is -0.149. The monoisotopic (exact) mass is 442 g/mol. The Labute approximate surface area is 150 Å². The fourth-order valence-corrected chi connectivity index (χ4v) is 2.50. The predicted molar refractivity (Wildman–Crippen MR) is 95.6 cm³/mol. The summed E-state index contributed by atoms with van der Waals surface area (Å²) in [4.78, 5) is 22.2. The number of unbranched alkanes of at least 4 members (excludes halogenated alkanes) is 6. The Morgan fingerprint density at radius 3 is 1.41 bits per heavy atom. The molecule has 0 fully saturated rings. The molecule has 0 heterocycles. The molecule has 4 nitrogen and oxygen atoms in total. The SMILES string of the molecule is CCCCCCOC(=O)C(Br)C(Br)C(=O)OCCCCCC. The van der Waals surface area contributed by atoms with Gasteiger partial charge >= 0.3 is 11.9 Å². The summed E-state index contributed by atoms with van der Waals surface area (Å²) in [5.74, 6) is -0.859. The maximum absolute atomic E-state index is 11.8. The van der Waals surface area contributed by atoms with E-state index >= 15 is 0 Å². The first-order chi connectivity index (χ1) is 10.5. The second-order valence-corrected chi connectivity index (χ2v) is 7.23. The molecule has 0 saturated heterocycles. The standard InChI is InChI=1S/C16H28Br2O4/c1-3-5-7-9-11-21-15(19)13(17)14(18)16(20)22-12-10-8-6-4-2/h13-14H,3-12H2,1-2H3. The smallest absolute Gasteiger partial charge is 0.321 e. The molecular weight excluding hydrogens is 416 g/mol. The van der Waals surface area contributed by atoms with Crippen LogP contribution >= 0.6 is 31.9 Å². The molecule has 0 aromatic rings. The molecule has 0 spiro atoms. The molecule has 0 amide bonds. The largest absolute Gasteiger partial charge is 0.465 e. The van der Waals surface area contributed by atoms with E-state index in [0.717, 1.165) is 51.4 Å². The van der Waals surface area contributed by atoms with Gasteiger partial charge in [0.05, 0.1) is 13.2 Å². The van der Waals surface area contributed by atoms with Gasteiger partial charge in [0.2, 0.25) is 0 Å². The van der Waals surface area contributed by atoms with E-state index in [1.165, 1.54) is 0 Å². The molecule has 0 N–H and O–H groups in total. The van der Waals surface area contributed by atoms with E-state index in [2.05, 4.69) is 45.7 Å². The number of rotatable bonds is 13. The summed E-state index contributed by atoms with van der Waals surface area (Å²) in [7, 11) is 0. The van der Waals surface area contributed by atoms with Crippen LogP contribution in [0.5, 0.6) is 0 Å². The van der Waals surface area contributed by atoms with Crippen LogP contribution in [0.2, 0.25) is 0 Å². The summed E-state index contributed by atoms with van der Waals surface area (Å²) in [5.41, 5.74) is 0. The number of carbonyl (C=O) groups is 2. The fraction of sp³-hybridized carbons (Fsp3) is 0.875. The quantitative estimate of drug-likeness (QED) is 0.234. The molecule has 22 heavy (non-hydrogen) atoms. The second kappa shape index (κ2) is 14.5. The van der Waals surface area contributed by atoms with Crippen molar-refractivity contribution < 1.29 is 19.1 Å². The number of halogens is 2. The predicted octanol–water partition coefficient (Wildman–Crippen LogP) is 4.76. The average molecular weight is 444 g/mol. The number of hydrogen-bond donors (Lipinski definition) is 0. The molecule has 0 bridgehead atoms. The first kappa shape index (κ1) is 21.9. The Bertz CT molecular complexity index is 281. The molecule has 130 valence electrons. The van der Waals surface area contributed by atoms with Crippen LogP contribution in [0.25, 0.3) is 0 Å². The van der Waals surface area contributed by atoms with Gasteiger partial charge < -0.3 is 9.47 Å². The van der Waals surface area contributed by atoms with Crippen LogP contribution in [0.1, 0.15) is 65.2 Å². The Morgan fingerprint density at radius 2 is 1.09 bits per heavy atom. The van der Waals surface area contributed by atoms with Gasteiger partial charge in [-0.15, -0.1) is 0 Å². The van der Waals surface area contributed by atoms with Crippen molar-refractivity contribution >= 4 is 43.8 Å². The zero-order valence-corrected chi connectivity index (χ0v) is 16.8. The van der Waals surface area contributed by atoms with Gasteiger partial charge in [-0.25, -0.2) is 0 Å². The highest BCUT2D eigenvalue weighted by Crippen LogP contribution is 2.18. The van der Waals surface area contributed by atoms with Crippen molar-refractivity contribution in [2.45, 2.75) is 74.9 Å². The minimum absolute atomic E-state index is 0.396. The minimum atomic E-state index is -0.721. The van der Waals surface area contributed by atoms with Crippen LogP contribution in [0, 0.1) is 0 Å². The van der Waals surface area contributed by atoms with Gasteiger partial charge in [-0.1, -0.05) is 84.2 Å². The fourth-order valence-electron chi connectivity index (χ4n) is 1.80. The Hall–Kier alpha value is -0.100. The zero-order valence-electron chi connectivity index (χ0n) is 13.6. The molecule has 0 saturated carbocycles. The molecule has 0 aliphatic heterocycles. The number of carbonyl (C=O) groups excluding carboxylic acids is 2. The Kier molecular flexibility index (Phi) is 14.4. The summed E-state index contributed by atoms with van der Waals surface area (Å²) < 4.78 is 10.3. The number of ether oxygens (including phenoxy) is 2. The summed E-state index contributed by atoms with van der Waals surface area (Å²) in [6.07, 6.45) is 8.37. The number of hydrogen-bond acceptors (Lipinski definition) is 4. The third-order valence-corrected chi connectivity index (χ3v) is 5.71. The maximum atomic E-state index is 11.8. The second-order valence-electron chi connectivity index (χ2n) is 5.26. The third kappa shape index (κ3) is 10.6. The lowest BCUT2D eigenvalue weighted by atomic mass is 10.2. The first-order valence-electron chi connectivity index (χ1n) is 8.16. The maximum Gasteiger partial charge on any atom is 0.321 e. The highest BCUT2D eigenvalue weighted by molar-refractivity contribution is 9.12. The van der Waals surface area contributed by atoms with Crippen molar-refractivity contribution in [2.24, 2.45) is 0 Å². The molecule has 0 rings (SSSR count). The summed E-state index contributed by atoms with van der Waals surface area (Å²) >= 11 is 6.41. The van der Waals surface area contributed by atoms with Crippen molar-refractivity contribution in [3.8, 4) is 0 Å². The van der Waals surface area contributed by atoms with Crippen molar-refractivity contribution in [3.05, 3.63) is 0 Å². The molecule has 2 unspecified atom stereocenters. The van der Waals surface area contributed by atoms with Crippen molar-refractivity contribution in [3.63, 3.8) is 0 Å². The molecule has 6 heteroatoms. The summed E-state index contributed by atoms with van der Waals surface area (Å²) in [6, 6.07) is 0. The van der Waals surface area contributed by atoms with Crippen LogP contribution in [0.3, 0.4) is 0 Å². The average Bonchev–Trinajstić information content (AvgIpc) is 2.52. The molecule has 0 radical (unpaired) electrons. The van der Waals surface area contributed by atoms with Crippen LogP contribution in [-0.2, 0) is 19.1 Å². The Morgan fingerprint density at radius 1 is 0.727 bits per heavy atom. The Balaban J connectivity index is 3.88. The molecular formula is C16H28Br2O4. The van der Waals surface area contributed by atoms with E-state index in [-0.39, 0.29) is 0 Å². The van der Waals surface area contributed by atoms with E-state index in [4.69, 9.17) is 9.47 Å². The summed E-state index contributed by atoms with van der Waals surface area (Å²) in [5, 5.41) is 0. The third-order valence-electron chi connectivity index (χ3n) is 3.19. The molecule has 2 atom stereocenters. The lowest BCUT2D eigenvalue weighted by Gasteiger charge is -2.15. The molecule has 0 aromatic heterocycles. The van der Waals surface area contributed by atoms with Gasteiger partial charge in [0.25, 0.3) is 0 Å². The molecule has 0 aromatic carbocycles. The normalized spacial score (nSPS) is 13.5. The van der Waals surface area contributed by atoms with Crippen LogP contribution < -0.4 is 0 Å². The first-order valence-corrected chi connectivity index (χ1v) is 9.99. The highest BCUT2D eigenvalue weighted by atomic mass is 79.9. The van der Waals surface area contributed by atoms with Gasteiger partial charge in [0.1, 0.15) is 9.65 Å².